The Morgan fingerprint density at radius 2 is 1.94 bits per heavy atom. The second-order valence-electron chi connectivity index (χ2n) is 3.41. The maximum atomic E-state index is 13.3. The van der Waals surface area contributed by atoms with Crippen LogP contribution in [0.3, 0.4) is 0 Å². The van der Waals surface area contributed by atoms with Gasteiger partial charge in [0.2, 0.25) is 0 Å². The van der Waals surface area contributed by atoms with E-state index in [-0.39, 0.29) is 24.8 Å². The van der Waals surface area contributed by atoms with Crippen molar-refractivity contribution in [2.24, 2.45) is 0 Å². The molecule has 1 nitrogen and oxygen atoms in total. The van der Waals surface area contributed by atoms with Gasteiger partial charge in [0.15, 0.2) is 0 Å². The van der Waals surface area contributed by atoms with Crippen molar-refractivity contribution in [2.75, 3.05) is 19.0 Å². The lowest BCUT2D eigenvalue weighted by molar-refractivity contribution is 0.0873. The Balaban J connectivity index is 2.64. The summed E-state index contributed by atoms with van der Waals surface area (Å²) in [6, 6.07) is 6.15. The van der Waals surface area contributed by atoms with Gasteiger partial charge >= 0.3 is 0 Å². The van der Waals surface area contributed by atoms with Gasteiger partial charge in [0.05, 0.1) is 6.54 Å². The van der Waals surface area contributed by atoms with Gasteiger partial charge in [0.1, 0.15) is 5.82 Å². The second-order valence-corrected chi connectivity index (χ2v) is 3.78. The van der Waals surface area contributed by atoms with E-state index in [1.165, 1.54) is 11.0 Å². The molecule has 0 radical (unpaired) electrons. The maximum Gasteiger partial charge on any atom is 0.251 e. The van der Waals surface area contributed by atoms with Crippen molar-refractivity contribution >= 4 is 11.6 Å². The topological polar surface area (TPSA) is 3.24 Å². The first kappa shape index (κ1) is 13.3. The van der Waals surface area contributed by atoms with Crippen molar-refractivity contribution in [3.05, 3.63) is 35.6 Å². The van der Waals surface area contributed by atoms with Crippen LogP contribution in [0.5, 0.6) is 0 Å². The zero-order chi connectivity index (χ0) is 12.0. The molecule has 1 rings (SSSR count). The fourth-order valence-corrected chi connectivity index (χ4v) is 1.66. The molecule has 5 heteroatoms. The molecular weight excluding hydrogens is 239 g/mol. The van der Waals surface area contributed by atoms with E-state index in [0.717, 1.165) is 0 Å². The van der Waals surface area contributed by atoms with Crippen molar-refractivity contribution in [1.82, 2.24) is 4.90 Å². The molecule has 0 heterocycles. The second kappa shape index (κ2) is 6.76. The average molecular weight is 252 g/mol. The molecule has 0 amide bonds. The van der Waals surface area contributed by atoms with Crippen LogP contribution in [0.4, 0.5) is 13.2 Å². The van der Waals surface area contributed by atoms with Crippen LogP contribution < -0.4 is 0 Å². The van der Waals surface area contributed by atoms with Crippen LogP contribution in [0.2, 0.25) is 0 Å². The van der Waals surface area contributed by atoms with Crippen LogP contribution in [-0.2, 0) is 6.54 Å². The Kier molecular flexibility index (Phi) is 5.63. The summed E-state index contributed by atoms with van der Waals surface area (Å²) in [6.07, 6.45) is -2.44. The lowest BCUT2D eigenvalue weighted by Crippen LogP contribution is -2.30. The summed E-state index contributed by atoms with van der Waals surface area (Å²) in [4.78, 5) is 1.44. The Morgan fingerprint density at radius 1 is 1.25 bits per heavy atom. The molecule has 16 heavy (non-hydrogen) atoms. The van der Waals surface area contributed by atoms with Crippen molar-refractivity contribution < 1.29 is 13.2 Å². The number of hydrogen-bond acceptors (Lipinski definition) is 1. The van der Waals surface area contributed by atoms with Crippen molar-refractivity contribution in [1.29, 1.82) is 0 Å². The normalized spacial score (nSPS) is 11.4. The van der Waals surface area contributed by atoms with E-state index >= 15 is 0 Å². The molecule has 0 N–H and O–H groups in total. The van der Waals surface area contributed by atoms with E-state index in [1.54, 1.807) is 18.2 Å². The smallest absolute Gasteiger partial charge is 0.251 e. The fourth-order valence-electron chi connectivity index (χ4n) is 1.42. The van der Waals surface area contributed by atoms with Crippen LogP contribution in [0.1, 0.15) is 5.56 Å². The fraction of sp³-hybridized carbons (Fsp3) is 0.455. The van der Waals surface area contributed by atoms with Crippen LogP contribution in [0, 0.1) is 5.82 Å². The van der Waals surface area contributed by atoms with E-state index in [9.17, 15) is 13.2 Å². The highest BCUT2D eigenvalue weighted by molar-refractivity contribution is 6.18. The summed E-state index contributed by atoms with van der Waals surface area (Å²) in [5.41, 5.74) is 0.410. The van der Waals surface area contributed by atoms with Crippen LogP contribution >= 0.6 is 11.6 Å². The quantitative estimate of drug-likeness (QED) is 0.702. The van der Waals surface area contributed by atoms with Gasteiger partial charge in [0.25, 0.3) is 6.43 Å². The van der Waals surface area contributed by atoms with Gasteiger partial charge in [-0.3, -0.25) is 4.90 Å². The molecule has 0 saturated heterocycles. The molecule has 0 unspecified atom stereocenters. The third-order valence-electron chi connectivity index (χ3n) is 2.15. The standard InChI is InChI=1S/C11H13ClF3N/c12-5-6-16(8-11(14)15)7-9-3-1-2-4-10(9)13/h1-4,11H,5-8H2. The predicted octanol–water partition coefficient (Wildman–Crippen LogP) is 3.13. The van der Waals surface area contributed by atoms with Crippen LogP contribution in [-0.4, -0.2) is 30.3 Å². The molecule has 0 aromatic heterocycles. The Bertz CT molecular complexity index is 320. The Hall–Kier alpha value is -0.740. The minimum Gasteiger partial charge on any atom is -0.292 e. The van der Waals surface area contributed by atoms with E-state index in [2.05, 4.69) is 0 Å². The van der Waals surface area contributed by atoms with E-state index in [0.29, 0.717) is 12.1 Å². The summed E-state index contributed by atoms with van der Waals surface area (Å²) >= 11 is 5.51. The predicted molar refractivity (Wildman–Crippen MR) is 58.4 cm³/mol. The summed E-state index contributed by atoms with van der Waals surface area (Å²) in [7, 11) is 0. The number of benzene rings is 1. The molecule has 0 fully saturated rings. The minimum atomic E-state index is -2.44. The largest absolute Gasteiger partial charge is 0.292 e. The molecule has 1 aromatic carbocycles. The van der Waals surface area contributed by atoms with Gasteiger partial charge in [-0.1, -0.05) is 18.2 Å². The SMILES string of the molecule is Fc1ccccc1CN(CCCl)CC(F)F. The van der Waals surface area contributed by atoms with Crippen LogP contribution in [0.15, 0.2) is 24.3 Å². The summed E-state index contributed by atoms with van der Waals surface area (Å²) in [5, 5.41) is 0. The summed E-state index contributed by atoms with van der Waals surface area (Å²) in [5.74, 6) is -0.127. The zero-order valence-corrected chi connectivity index (χ0v) is 9.43. The third kappa shape index (κ3) is 4.41. The number of hydrogen-bond donors (Lipinski definition) is 0. The number of nitrogens with zero attached hydrogens (tertiary/aromatic N) is 1. The van der Waals surface area contributed by atoms with Gasteiger partial charge < -0.3 is 0 Å². The summed E-state index contributed by atoms with van der Waals surface area (Å²) < 4.78 is 37.7. The first-order valence-corrected chi connectivity index (χ1v) is 5.47. The molecule has 90 valence electrons. The highest BCUT2D eigenvalue weighted by Crippen LogP contribution is 2.11. The lowest BCUT2D eigenvalue weighted by atomic mass is 10.2. The lowest BCUT2D eigenvalue weighted by Gasteiger charge is -2.20. The van der Waals surface area contributed by atoms with Gasteiger partial charge in [-0.25, -0.2) is 13.2 Å². The first-order valence-electron chi connectivity index (χ1n) is 4.93. The Morgan fingerprint density at radius 3 is 2.50 bits per heavy atom. The molecule has 0 atom stereocenters. The molecule has 1 aromatic rings. The molecule has 0 aliphatic heterocycles. The summed E-state index contributed by atoms with van der Waals surface area (Å²) in [6.45, 7) is 0.0883. The van der Waals surface area contributed by atoms with Gasteiger partial charge in [0, 0.05) is 24.5 Å². The van der Waals surface area contributed by atoms with Crippen molar-refractivity contribution in [3.63, 3.8) is 0 Å². The van der Waals surface area contributed by atoms with E-state index in [1.807, 2.05) is 0 Å². The van der Waals surface area contributed by atoms with Gasteiger partial charge in [-0.05, 0) is 6.07 Å². The average Bonchev–Trinajstić information content (AvgIpc) is 2.21. The monoisotopic (exact) mass is 251 g/mol. The number of rotatable bonds is 6. The number of alkyl halides is 3. The van der Waals surface area contributed by atoms with Gasteiger partial charge in [-0.2, -0.15) is 0 Å². The zero-order valence-electron chi connectivity index (χ0n) is 8.67. The highest BCUT2D eigenvalue weighted by Gasteiger charge is 2.13. The van der Waals surface area contributed by atoms with E-state index < -0.39 is 6.43 Å². The van der Waals surface area contributed by atoms with Crippen LogP contribution in [0.25, 0.3) is 0 Å². The van der Waals surface area contributed by atoms with Crippen molar-refractivity contribution in [3.8, 4) is 0 Å². The minimum absolute atomic E-state index is 0.156. The van der Waals surface area contributed by atoms with Gasteiger partial charge in [-0.15, -0.1) is 11.6 Å². The first-order chi connectivity index (χ1) is 7.63. The maximum absolute atomic E-state index is 13.3. The Labute approximate surface area is 97.8 Å². The van der Waals surface area contributed by atoms with Crippen molar-refractivity contribution in [2.45, 2.75) is 13.0 Å². The molecule has 0 bridgehead atoms. The third-order valence-corrected chi connectivity index (χ3v) is 2.32. The molecule has 0 aliphatic carbocycles. The van der Waals surface area contributed by atoms with E-state index in [4.69, 9.17) is 11.6 Å². The molecule has 0 aliphatic rings. The molecule has 0 spiro atoms. The number of halogens is 4. The highest BCUT2D eigenvalue weighted by atomic mass is 35.5. The molecular formula is C11H13ClF3N. The molecule has 0 saturated carbocycles.